The summed E-state index contributed by atoms with van der Waals surface area (Å²) in [5, 5.41) is 9.58. The first-order valence-electron chi connectivity index (χ1n) is 7.56. The molecule has 2 unspecified atom stereocenters. The molecule has 0 aliphatic carbocycles. The average Bonchev–Trinajstić information content (AvgIpc) is 2.87. The van der Waals surface area contributed by atoms with Crippen LogP contribution in [-0.4, -0.2) is 69.6 Å². The van der Waals surface area contributed by atoms with E-state index in [9.17, 15) is 14.7 Å². The van der Waals surface area contributed by atoms with Crippen LogP contribution in [0.15, 0.2) is 0 Å². The van der Waals surface area contributed by atoms with Crippen LogP contribution >= 0.6 is 0 Å². The molecule has 3 atom stereocenters. The van der Waals surface area contributed by atoms with Gasteiger partial charge >= 0.3 is 12.2 Å². The number of rotatable bonds is 1. The molecular formula is C15H26N2O5. The molecule has 0 saturated carbocycles. The Morgan fingerprint density at radius 3 is 2.00 bits per heavy atom. The largest absolute Gasteiger partial charge is 0.444 e. The number of aliphatic hydroxyl groups is 1. The van der Waals surface area contributed by atoms with E-state index >= 15 is 0 Å². The predicted octanol–water partition coefficient (Wildman–Crippen LogP) is 1.59. The summed E-state index contributed by atoms with van der Waals surface area (Å²) < 4.78 is 10.7. The van der Waals surface area contributed by atoms with E-state index in [0.717, 1.165) is 0 Å². The average molecular weight is 314 g/mol. The van der Waals surface area contributed by atoms with Crippen LogP contribution in [0.3, 0.4) is 0 Å². The summed E-state index contributed by atoms with van der Waals surface area (Å²) in [6.07, 6.45) is -0.854. The summed E-state index contributed by atoms with van der Waals surface area (Å²) in [7, 11) is 0. The maximum absolute atomic E-state index is 12.2. The molecule has 2 saturated heterocycles. The zero-order chi connectivity index (χ0) is 16.9. The summed E-state index contributed by atoms with van der Waals surface area (Å²) >= 11 is 0. The van der Waals surface area contributed by atoms with Crippen LogP contribution < -0.4 is 0 Å². The number of nitrogens with zero attached hydrogens (tertiary/aromatic N) is 2. The second-order valence-electron chi connectivity index (χ2n) is 7.83. The van der Waals surface area contributed by atoms with Gasteiger partial charge in [-0.2, -0.15) is 0 Å². The Hall–Kier alpha value is -1.50. The van der Waals surface area contributed by atoms with E-state index < -0.39 is 29.4 Å². The van der Waals surface area contributed by atoms with E-state index in [1.165, 1.54) is 4.90 Å². The van der Waals surface area contributed by atoms with Gasteiger partial charge in [0.15, 0.2) is 0 Å². The SMILES string of the molecule is CC(C)(C)OC(=O)N1C2CN(C(=O)OC(C)(C)C)[C@H](CO)C21. The highest BCUT2D eigenvalue weighted by Crippen LogP contribution is 2.41. The van der Waals surface area contributed by atoms with E-state index in [4.69, 9.17) is 9.47 Å². The molecule has 0 spiro atoms. The fourth-order valence-corrected chi connectivity index (χ4v) is 2.77. The Kier molecular flexibility index (Phi) is 4.06. The third kappa shape index (κ3) is 3.45. The van der Waals surface area contributed by atoms with Gasteiger partial charge in [0.25, 0.3) is 0 Å². The van der Waals surface area contributed by atoms with Crippen molar-refractivity contribution in [1.29, 1.82) is 0 Å². The van der Waals surface area contributed by atoms with Gasteiger partial charge < -0.3 is 14.6 Å². The second kappa shape index (κ2) is 5.30. The quantitative estimate of drug-likeness (QED) is 0.744. The number of hydrogen-bond donors (Lipinski definition) is 1. The van der Waals surface area contributed by atoms with Crippen molar-refractivity contribution in [3.05, 3.63) is 0 Å². The fraction of sp³-hybridized carbons (Fsp3) is 0.867. The van der Waals surface area contributed by atoms with Crippen LogP contribution in [0.1, 0.15) is 41.5 Å². The van der Waals surface area contributed by atoms with E-state index in [1.54, 1.807) is 46.4 Å². The van der Waals surface area contributed by atoms with Gasteiger partial charge in [0.1, 0.15) is 11.2 Å². The molecule has 2 amide bonds. The van der Waals surface area contributed by atoms with Crippen LogP contribution in [0.5, 0.6) is 0 Å². The highest BCUT2D eigenvalue weighted by atomic mass is 16.6. The summed E-state index contributed by atoms with van der Waals surface area (Å²) in [5.41, 5.74) is -1.15. The number of carbonyl (C=O) groups is 2. The molecule has 0 bridgehead atoms. The van der Waals surface area contributed by atoms with Crippen molar-refractivity contribution in [1.82, 2.24) is 9.80 Å². The molecule has 22 heavy (non-hydrogen) atoms. The van der Waals surface area contributed by atoms with E-state index in [0.29, 0.717) is 6.54 Å². The molecule has 126 valence electrons. The van der Waals surface area contributed by atoms with Gasteiger partial charge in [-0.25, -0.2) is 9.59 Å². The van der Waals surface area contributed by atoms with Gasteiger partial charge in [-0.05, 0) is 41.5 Å². The monoisotopic (exact) mass is 314 g/mol. The molecule has 1 N–H and O–H groups in total. The molecule has 7 heteroatoms. The number of piperazine rings is 1. The zero-order valence-electron chi connectivity index (χ0n) is 14.1. The fourth-order valence-electron chi connectivity index (χ4n) is 2.77. The molecule has 0 aromatic heterocycles. The van der Waals surface area contributed by atoms with E-state index in [2.05, 4.69) is 0 Å². The topological polar surface area (TPSA) is 79.1 Å². The Morgan fingerprint density at radius 2 is 1.55 bits per heavy atom. The van der Waals surface area contributed by atoms with Gasteiger partial charge in [0.05, 0.1) is 24.7 Å². The smallest absolute Gasteiger partial charge is 0.411 e. The number of hydrogen-bond acceptors (Lipinski definition) is 5. The lowest BCUT2D eigenvalue weighted by Crippen LogP contribution is -2.48. The number of amides is 2. The van der Waals surface area contributed by atoms with Crippen LogP contribution in [0.25, 0.3) is 0 Å². The Morgan fingerprint density at radius 1 is 1.05 bits per heavy atom. The molecule has 0 aromatic carbocycles. The normalized spacial score (nSPS) is 27.5. The molecule has 2 aliphatic heterocycles. The molecule has 2 heterocycles. The Bertz CT molecular complexity index is 466. The van der Waals surface area contributed by atoms with Crippen molar-refractivity contribution in [2.24, 2.45) is 0 Å². The van der Waals surface area contributed by atoms with Crippen molar-refractivity contribution >= 4 is 12.2 Å². The standard InChI is InChI=1S/C15H26N2O5/c1-14(2,3)21-12(19)16-7-9-11(10(16)8-18)17(9)13(20)22-15(4,5)6/h9-11,18H,7-8H2,1-6H3/t9?,10-,11?,17?/m1/s1. The Labute approximate surface area is 131 Å². The Balaban J connectivity index is 1.98. The second-order valence-corrected chi connectivity index (χ2v) is 7.83. The lowest BCUT2D eigenvalue weighted by atomic mass is 10.2. The van der Waals surface area contributed by atoms with Gasteiger partial charge in [-0.3, -0.25) is 9.80 Å². The number of likely N-dealkylation sites (tertiary alicyclic amines) is 1. The van der Waals surface area contributed by atoms with Gasteiger partial charge in [-0.15, -0.1) is 0 Å². The van der Waals surface area contributed by atoms with Gasteiger partial charge in [0.2, 0.25) is 0 Å². The predicted molar refractivity (Wildman–Crippen MR) is 79.5 cm³/mol. The van der Waals surface area contributed by atoms with Crippen molar-refractivity contribution in [2.45, 2.75) is 70.9 Å². The third-order valence-corrected chi connectivity index (χ3v) is 3.58. The number of carbonyl (C=O) groups excluding carboxylic acids is 2. The third-order valence-electron chi connectivity index (χ3n) is 3.58. The number of fused-ring (bicyclic) bond motifs is 1. The van der Waals surface area contributed by atoms with Crippen LogP contribution in [0, 0.1) is 0 Å². The summed E-state index contributed by atoms with van der Waals surface area (Å²) in [6, 6.07) is -0.723. The van der Waals surface area contributed by atoms with Gasteiger partial charge in [0, 0.05) is 6.54 Å². The van der Waals surface area contributed by atoms with Crippen molar-refractivity contribution in [2.75, 3.05) is 13.2 Å². The van der Waals surface area contributed by atoms with Gasteiger partial charge in [-0.1, -0.05) is 0 Å². The van der Waals surface area contributed by atoms with Crippen LogP contribution in [-0.2, 0) is 9.47 Å². The summed E-state index contributed by atoms with van der Waals surface area (Å²) in [5.74, 6) is 0. The highest BCUT2D eigenvalue weighted by Gasteiger charge is 2.64. The summed E-state index contributed by atoms with van der Waals surface area (Å²) in [6.45, 7) is 11.0. The molecule has 2 rings (SSSR count). The highest BCUT2D eigenvalue weighted by molar-refractivity contribution is 5.76. The lowest BCUT2D eigenvalue weighted by molar-refractivity contribution is 0.00496. The molecule has 2 aliphatic rings. The molecule has 0 radical (unpaired) electrons. The van der Waals surface area contributed by atoms with Crippen molar-refractivity contribution < 1.29 is 24.2 Å². The first-order chi connectivity index (χ1) is 9.94. The lowest BCUT2D eigenvalue weighted by Gasteiger charge is -2.31. The molecule has 7 nitrogen and oxygen atoms in total. The molecule has 0 aromatic rings. The maximum atomic E-state index is 12.2. The van der Waals surface area contributed by atoms with Crippen LogP contribution in [0.2, 0.25) is 0 Å². The molecule has 2 fully saturated rings. The minimum Gasteiger partial charge on any atom is -0.444 e. The first kappa shape index (κ1) is 16.9. The van der Waals surface area contributed by atoms with Crippen molar-refractivity contribution in [3.63, 3.8) is 0 Å². The van der Waals surface area contributed by atoms with E-state index in [-0.39, 0.29) is 18.7 Å². The maximum Gasteiger partial charge on any atom is 0.411 e. The molecular weight excluding hydrogens is 288 g/mol. The number of aliphatic hydroxyl groups excluding tert-OH is 1. The minimum atomic E-state index is -0.589. The first-order valence-corrected chi connectivity index (χ1v) is 7.56. The van der Waals surface area contributed by atoms with Crippen molar-refractivity contribution in [3.8, 4) is 0 Å². The number of ether oxygens (including phenoxy) is 2. The minimum absolute atomic E-state index is 0.0977. The van der Waals surface area contributed by atoms with Crippen LogP contribution in [0.4, 0.5) is 9.59 Å². The summed E-state index contributed by atoms with van der Waals surface area (Å²) in [4.78, 5) is 27.3. The van der Waals surface area contributed by atoms with E-state index in [1.807, 2.05) is 0 Å². The zero-order valence-corrected chi connectivity index (χ0v) is 14.1.